The summed E-state index contributed by atoms with van der Waals surface area (Å²) in [5, 5.41) is 30.2. The number of amides is 1. The van der Waals surface area contributed by atoms with Gasteiger partial charge in [0.2, 0.25) is 17.7 Å². The molecule has 0 unspecified atom stereocenters. The van der Waals surface area contributed by atoms with Gasteiger partial charge in [-0.25, -0.2) is 0 Å². The summed E-state index contributed by atoms with van der Waals surface area (Å²) in [6.45, 7) is 1.45. The lowest BCUT2D eigenvalue weighted by atomic mass is 10.2. The van der Waals surface area contributed by atoms with Crippen LogP contribution in [0.2, 0.25) is 0 Å². The lowest BCUT2D eigenvalue weighted by Gasteiger charge is -2.08. The average molecular weight is 437 g/mol. The molecule has 2 aromatic heterocycles. The standard InChI is InChI=1S/C19H15N7O4S/c1-12(27)21-14-3-2-4-16(9-14)25-11-20-24-19(25)31-10-17-22-23-18(30-17)13-5-7-15(8-6-13)26(28)29/h2-9,11H,10H2,1H3,(H,21,27). The Kier molecular flexibility index (Phi) is 5.71. The largest absolute Gasteiger partial charge is 0.420 e. The van der Waals surface area contributed by atoms with Gasteiger partial charge < -0.3 is 9.73 Å². The highest BCUT2D eigenvalue weighted by Gasteiger charge is 2.14. The van der Waals surface area contributed by atoms with E-state index in [2.05, 4.69) is 25.7 Å². The van der Waals surface area contributed by atoms with E-state index in [9.17, 15) is 14.9 Å². The van der Waals surface area contributed by atoms with Crippen LogP contribution in [-0.4, -0.2) is 35.8 Å². The predicted molar refractivity (Wildman–Crippen MR) is 112 cm³/mol. The highest BCUT2D eigenvalue weighted by Crippen LogP contribution is 2.26. The minimum absolute atomic E-state index is 0.0130. The minimum atomic E-state index is -0.471. The quantitative estimate of drug-likeness (QED) is 0.261. The van der Waals surface area contributed by atoms with Gasteiger partial charge in [-0.15, -0.1) is 20.4 Å². The molecule has 31 heavy (non-hydrogen) atoms. The predicted octanol–water partition coefficient (Wildman–Crippen LogP) is 3.48. The van der Waals surface area contributed by atoms with Gasteiger partial charge >= 0.3 is 0 Å². The van der Waals surface area contributed by atoms with Crippen LogP contribution in [0.25, 0.3) is 17.1 Å². The Morgan fingerprint density at radius 2 is 2.00 bits per heavy atom. The molecule has 4 aromatic rings. The number of carbonyl (C=O) groups is 1. The van der Waals surface area contributed by atoms with Crippen LogP contribution in [0.3, 0.4) is 0 Å². The van der Waals surface area contributed by atoms with Gasteiger partial charge in [-0.3, -0.25) is 19.5 Å². The third kappa shape index (κ3) is 4.75. The maximum absolute atomic E-state index is 11.3. The first-order chi connectivity index (χ1) is 15.0. The third-order valence-electron chi connectivity index (χ3n) is 4.08. The summed E-state index contributed by atoms with van der Waals surface area (Å²) in [5.74, 6) is 0.843. The van der Waals surface area contributed by atoms with E-state index in [1.807, 2.05) is 18.2 Å². The molecular weight excluding hydrogens is 422 g/mol. The van der Waals surface area contributed by atoms with Gasteiger partial charge in [0.05, 0.1) is 16.4 Å². The Morgan fingerprint density at radius 1 is 1.19 bits per heavy atom. The van der Waals surface area contributed by atoms with Gasteiger partial charge in [-0.05, 0) is 30.3 Å². The second-order valence-corrected chi connectivity index (χ2v) is 7.25. The molecule has 12 heteroatoms. The smallest absolute Gasteiger partial charge is 0.269 e. The SMILES string of the molecule is CC(=O)Nc1cccc(-n2cnnc2SCc2nnc(-c3ccc([N+](=O)[O-])cc3)o2)c1. The van der Waals surface area contributed by atoms with Crippen molar-refractivity contribution in [3.8, 4) is 17.1 Å². The summed E-state index contributed by atoms with van der Waals surface area (Å²) in [6.07, 6.45) is 1.57. The molecule has 0 saturated carbocycles. The van der Waals surface area contributed by atoms with Crippen LogP contribution in [-0.2, 0) is 10.5 Å². The van der Waals surface area contributed by atoms with Gasteiger partial charge in [0.15, 0.2) is 5.16 Å². The highest BCUT2D eigenvalue weighted by molar-refractivity contribution is 7.98. The molecule has 4 rings (SSSR count). The fourth-order valence-electron chi connectivity index (χ4n) is 2.72. The molecule has 0 radical (unpaired) electrons. The van der Waals surface area contributed by atoms with Crippen molar-refractivity contribution in [3.63, 3.8) is 0 Å². The number of benzene rings is 2. The topological polar surface area (TPSA) is 142 Å². The Hall–Kier alpha value is -4.06. The Morgan fingerprint density at radius 3 is 2.74 bits per heavy atom. The van der Waals surface area contributed by atoms with E-state index in [1.54, 1.807) is 29.1 Å². The summed E-state index contributed by atoms with van der Waals surface area (Å²) in [4.78, 5) is 21.6. The van der Waals surface area contributed by atoms with Crippen molar-refractivity contribution < 1.29 is 14.1 Å². The first-order valence-electron chi connectivity index (χ1n) is 8.97. The van der Waals surface area contributed by atoms with Crippen LogP contribution in [0.4, 0.5) is 11.4 Å². The first-order valence-corrected chi connectivity index (χ1v) is 9.96. The maximum Gasteiger partial charge on any atom is 0.269 e. The highest BCUT2D eigenvalue weighted by atomic mass is 32.2. The lowest BCUT2D eigenvalue weighted by molar-refractivity contribution is -0.384. The lowest BCUT2D eigenvalue weighted by Crippen LogP contribution is -2.06. The number of nitrogens with zero attached hydrogens (tertiary/aromatic N) is 6. The zero-order valence-corrected chi connectivity index (χ0v) is 16.9. The molecule has 0 fully saturated rings. The number of hydrogen-bond acceptors (Lipinski definition) is 9. The number of rotatable bonds is 7. The van der Waals surface area contributed by atoms with E-state index in [0.717, 1.165) is 5.69 Å². The molecule has 156 valence electrons. The number of carbonyl (C=O) groups excluding carboxylic acids is 1. The van der Waals surface area contributed by atoms with Gasteiger partial charge in [0.25, 0.3) is 5.69 Å². The van der Waals surface area contributed by atoms with Crippen molar-refractivity contribution in [2.75, 3.05) is 5.32 Å². The van der Waals surface area contributed by atoms with E-state index in [4.69, 9.17) is 4.42 Å². The van der Waals surface area contributed by atoms with Crippen molar-refractivity contribution in [2.24, 2.45) is 0 Å². The number of nitro groups is 1. The molecule has 1 N–H and O–H groups in total. The number of nitrogens with one attached hydrogen (secondary N) is 1. The van der Waals surface area contributed by atoms with Crippen molar-refractivity contribution in [1.29, 1.82) is 0 Å². The van der Waals surface area contributed by atoms with E-state index in [-0.39, 0.29) is 17.5 Å². The first kappa shape index (κ1) is 20.2. The molecule has 2 heterocycles. The Bertz CT molecular complexity index is 1240. The molecule has 0 saturated heterocycles. The summed E-state index contributed by atoms with van der Waals surface area (Å²) < 4.78 is 7.44. The number of nitro benzene ring substituents is 1. The van der Waals surface area contributed by atoms with E-state index in [0.29, 0.717) is 28.1 Å². The zero-order chi connectivity index (χ0) is 21.8. The van der Waals surface area contributed by atoms with Crippen LogP contribution in [0, 0.1) is 10.1 Å². The van der Waals surface area contributed by atoms with E-state index >= 15 is 0 Å². The van der Waals surface area contributed by atoms with Gasteiger partial charge in [0.1, 0.15) is 6.33 Å². The summed E-state index contributed by atoms with van der Waals surface area (Å²) >= 11 is 1.35. The van der Waals surface area contributed by atoms with Gasteiger partial charge in [0, 0.05) is 30.3 Å². The molecule has 1 amide bonds. The second kappa shape index (κ2) is 8.75. The molecule has 0 aliphatic rings. The molecule has 0 aliphatic carbocycles. The number of non-ortho nitro benzene ring substituents is 1. The third-order valence-corrected chi connectivity index (χ3v) is 5.01. The number of aromatic nitrogens is 5. The van der Waals surface area contributed by atoms with Crippen LogP contribution in [0.1, 0.15) is 12.8 Å². The second-order valence-electron chi connectivity index (χ2n) is 6.31. The van der Waals surface area contributed by atoms with Crippen molar-refractivity contribution in [3.05, 3.63) is 70.9 Å². The number of thioether (sulfide) groups is 1. The zero-order valence-electron chi connectivity index (χ0n) is 16.1. The fraction of sp³-hybridized carbons (Fsp3) is 0.105. The van der Waals surface area contributed by atoms with Crippen LogP contribution >= 0.6 is 11.8 Å². The van der Waals surface area contributed by atoms with Crippen LogP contribution in [0.5, 0.6) is 0 Å². The normalized spacial score (nSPS) is 10.7. The van der Waals surface area contributed by atoms with Crippen LogP contribution < -0.4 is 5.32 Å². The van der Waals surface area contributed by atoms with Gasteiger partial charge in [-0.2, -0.15) is 0 Å². The van der Waals surface area contributed by atoms with Crippen molar-refractivity contribution in [2.45, 2.75) is 17.8 Å². The molecule has 0 aliphatic heterocycles. The number of hydrogen-bond donors (Lipinski definition) is 1. The van der Waals surface area contributed by atoms with Crippen LogP contribution in [0.15, 0.2) is 64.4 Å². The fourth-order valence-corrected chi connectivity index (χ4v) is 3.48. The van der Waals surface area contributed by atoms with Gasteiger partial charge in [-0.1, -0.05) is 17.8 Å². The average Bonchev–Trinajstić information content (AvgIpc) is 3.41. The monoisotopic (exact) mass is 437 g/mol. The van der Waals surface area contributed by atoms with Crippen molar-refractivity contribution >= 4 is 29.0 Å². The molecular formula is C19H15N7O4S. The Labute approximate surface area is 179 Å². The number of anilines is 1. The molecule has 0 spiro atoms. The van der Waals surface area contributed by atoms with Crippen molar-refractivity contribution in [1.82, 2.24) is 25.0 Å². The summed E-state index contributed by atoms with van der Waals surface area (Å²) in [6, 6.07) is 13.2. The Balaban J connectivity index is 1.46. The molecule has 11 nitrogen and oxygen atoms in total. The molecule has 0 bridgehead atoms. The minimum Gasteiger partial charge on any atom is -0.420 e. The molecule has 2 aromatic carbocycles. The molecule has 0 atom stereocenters. The summed E-state index contributed by atoms with van der Waals surface area (Å²) in [7, 11) is 0. The van der Waals surface area contributed by atoms with E-state index < -0.39 is 4.92 Å². The summed E-state index contributed by atoms with van der Waals surface area (Å²) in [5.41, 5.74) is 2.03. The maximum atomic E-state index is 11.3. The van der Waals surface area contributed by atoms with E-state index in [1.165, 1.54) is 30.8 Å².